The van der Waals surface area contributed by atoms with E-state index in [2.05, 4.69) is 12.3 Å². The molecular formula is C14H16OS2. The number of aromatic hydroxyl groups is 1. The van der Waals surface area contributed by atoms with Crippen LogP contribution in [-0.4, -0.2) is 22.9 Å². The van der Waals surface area contributed by atoms with Gasteiger partial charge in [0, 0.05) is 10.3 Å². The first-order valence-electron chi connectivity index (χ1n) is 5.65. The van der Waals surface area contributed by atoms with Gasteiger partial charge in [-0.25, -0.2) is 0 Å². The molecule has 0 radical (unpaired) electrons. The van der Waals surface area contributed by atoms with Crippen LogP contribution in [-0.2, 0) is 0 Å². The molecule has 0 heterocycles. The lowest BCUT2D eigenvalue weighted by Crippen LogP contribution is -1.84. The van der Waals surface area contributed by atoms with Gasteiger partial charge in [0.25, 0.3) is 0 Å². The Morgan fingerprint density at radius 1 is 1.00 bits per heavy atom. The number of fused-ring (bicyclic) bond motifs is 1. The number of hydrogen-bond acceptors (Lipinski definition) is 3. The molecule has 0 bridgehead atoms. The molecule has 0 aliphatic heterocycles. The normalized spacial score (nSPS) is 10.9. The summed E-state index contributed by atoms with van der Waals surface area (Å²) in [5.74, 6) is 2.72. The van der Waals surface area contributed by atoms with Crippen molar-refractivity contribution in [1.82, 2.24) is 0 Å². The van der Waals surface area contributed by atoms with Gasteiger partial charge >= 0.3 is 0 Å². The Morgan fingerprint density at radius 3 is 2.53 bits per heavy atom. The molecule has 2 aromatic carbocycles. The first kappa shape index (κ1) is 12.7. The number of thioether (sulfide) groups is 2. The fraction of sp³-hybridized carbons (Fsp3) is 0.286. The lowest BCUT2D eigenvalue weighted by molar-refractivity contribution is 0.481. The topological polar surface area (TPSA) is 20.2 Å². The van der Waals surface area contributed by atoms with Crippen molar-refractivity contribution in [1.29, 1.82) is 0 Å². The maximum absolute atomic E-state index is 9.79. The molecule has 2 aromatic rings. The quantitative estimate of drug-likeness (QED) is 0.639. The SMILES string of the molecule is CSCCCSc1ccc(O)c2ccccc12. The van der Waals surface area contributed by atoms with Crippen LogP contribution in [0.3, 0.4) is 0 Å². The molecule has 2 rings (SSSR count). The van der Waals surface area contributed by atoms with Gasteiger partial charge in [-0.2, -0.15) is 11.8 Å². The molecule has 0 saturated heterocycles. The molecule has 17 heavy (non-hydrogen) atoms. The molecule has 1 nitrogen and oxygen atoms in total. The summed E-state index contributed by atoms with van der Waals surface area (Å²) < 4.78 is 0. The third-order valence-electron chi connectivity index (χ3n) is 2.61. The Balaban J connectivity index is 2.20. The summed E-state index contributed by atoms with van der Waals surface area (Å²) in [5.41, 5.74) is 0. The Hall–Kier alpha value is -0.800. The second kappa shape index (κ2) is 6.22. The van der Waals surface area contributed by atoms with E-state index in [0.717, 1.165) is 16.5 Å². The van der Waals surface area contributed by atoms with Gasteiger partial charge in [-0.05, 0) is 41.7 Å². The van der Waals surface area contributed by atoms with E-state index in [1.807, 2.05) is 47.8 Å². The third-order valence-corrected chi connectivity index (χ3v) is 4.47. The van der Waals surface area contributed by atoms with Crippen molar-refractivity contribution in [3.05, 3.63) is 36.4 Å². The predicted molar refractivity (Wildman–Crippen MR) is 79.3 cm³/mol. The summed E-state index contributed by atoms with van der Waals surface area (Å²) in [6.07, 6.45) is 3.36. The first-order chi connectivity index (χ1) is 8.33. The highest BCUT2D eigenvalue weighted by molar-refractivity contribution is 8.00. The molecule has 0 aromatic heterocycles. The summed E-state index contributed by atoms with van der Waals surface area (Å²) in [6, 6.07) is 11.8. The van der Waals surface area contributed by atoms with Gasteiger partial charge in [-0.3, -0.25) is 0 Å². The van der Waals surface area contributed by atoms with Crippen LogP contribution in [0.1, 0.15) is 6.42 Å². The Morgan fingerprint density at radius 2 is 1.76 bits per heavy atom. The van der Waals surface area contributed by atoms with Gasteiger partial charge in [0.2, 0.25) is 0 Å². The van der Waals surface area contributed by atoms with Gasteiger partial charge in [-0.1, -0.05) is 24.3 Å². The van der Waals surface area contributed by atoms with E-state index in [9.17, 15) is 5.11 Å². The first-order valence-corrected chi connectivity index (χ1v) is 8.03. The van der Waals surface area contributed by atoms with Crippen LogP contribution in [0.15, 0.2) is 41.3 Å². The maximum Gasteiger partial charge on any atom is 0.123 e. The van der Waals surface area contributed by atoms with Gasteiger partial charge in [-0.15, -0.1) is 11.8 Å². The van der Waals surface area contributed by atoms with E-state index in [0.29, 0.717) is 5.75 Å². The third kappa shape index (κ3) is 3.11. The number of hydrogen-bond donors (Lipinski definition) is 1. The molecule has 0 aliphatic carbocycles. The average Bonchev–Trinajstić information content (AvgIpc) is 2.37. The van der Waals surface area contributed by atoms with Crippen molar-refractivity contribution in [3.63, 3.8) is 0 Å². The molecule has 0 spiro atoms. The number of rotatable bonds is 5. The second-order valence-corrected chi connectivity index (χ2v) is 5.95. The lowest BCUT2D eigenvalue weighted by atomic mass is 10.1. The smallest absolute Gasteiger partial charge is 0.123 e. The van der Waals surface area contributed by atoms with Crippen LogP contribution in [0, 0.1) is 0 Å². The summed E-state index contributed by atoms with van der Waals surface area (Å²) in [5, 5.41) is 11.9. The van der Waals surface area contributed by atoms with Crippen LogP contribution >= 0.6 is 23.5 Å². The fourth-order valence-corrected chi connectivity index (χ4v) is 3.39. The molecule has 0 saturated carbocycles. The van der Waals surface area contributed by atoms with E-state index >= 15 is 0 Å². The molecule has 0 fully saturated rings. The van der Waals surface area contributed by atoms with Crippen LogP contribution in [0.4, 0.5) is 0 Å². The molecule has 1 N–H and O–H groups in total. The molecule has 3 heteroatoms. The molecule has 0 unspecified atom stereocenters. The number of phenolic OH excluding ortho intramolecular Hbond substituents is 1. The van der Waals surface area contributed by atoms with Crippen molar-refractivity contribution in [2.45, 2.75) is 11.3 Å². The molecule has 0 atom stereocenters. The van der Waals surface area contributed by atoms with Crippen molar-refractivity contribution in [2.24, 2.45) is 0 Å². The highest BCUT2D eigenvalue weighted by atomic mass is 32.2. The number of benzene rings is 2. The van der Waals surface area contributed by atoms with Gasteiger partial charge in [0.1, 0.15) is 5.75 Å². The highest BCUT2D eigenvalue weighted by Crippen LogP contribution is 2.33. The van der Waals surface area contributed by atoms with Gasteiger partial charge < -0.3 is 5.11 Å². The van der Waals surface area contributed by atoms with Crippen molar-refractivity contribution in [2.75, 3.05) is 17.8 Å². The van der Waals surface area contributed by atoms with Crippen LogP contribution in [0.5, 0.6) is 5.75 Å². The predicted octanol–water partition coefficient (Wildman–Crippen LogP) is 4.39. The summed E-state index contributed by atoms with van der Waals surface area (Å²) in [7, 11) is 0. The Bertz CT molecular complexity index is 497. The van der Waals surface area contributed by atoms with Crippen molar-refractivity contribution >= 4 is 34.3 Å². The largest absolute Gasteiger partial charge is 0.507 e. The summed E-state index contributed by atoms with van der Waals surface area (Å²) in [4.78, 5) is 1.26. The van der Waals surface area contributed by atoms with Crippen LogP contribution in [0.2, 0.25) is 0 Å². The van der Waals surface area contributed by atoms with Gasteiger partial charge in [0.05, 0.1) is 0 Å². The van der Waals surface area contributed by atoms with Crippen LogP contribution < -0.4 is 0 Å². The highest BCUT2D eigenvalue weighted by Gasteiger charge is 2.04. The summed E-state index contributed by atoms with van der Waals surface area (Å²) >= 11 is 3.76. The second-order valence-electron chi connectivity index (χ2n) is 3.82. The Kier molecular flexibility index (Phi) is 4.63. The minimum absolute atomic E-state index is 0.370. The zero-order valence-electron chi connectivity index (χ0n) is 9.85. The molecule has 0 aliphatic rings. The average molecular weight is 264 g/mol. The van der Waals surface area contributed by atoms with E-state index in [1.165, 1.54) is 17.1 Å². The van der Waals surface area contributed by atoms with Crippen molar-refractivity contribution < 1.29 is 5.11 Å². The zero-order valence-corrected chi connectivity index (χ0v) is 11.5. The van der Waals surface area contributed by atoms with E-state index in [4.69, 9.17) is 0 Å². The maximum atomic E-state index is 9.79. The molecular weight excluding hydrogens is 248 g/mol. The minimum Gasteiger partial charge on any atom is -0.507 e. The lowest BCUT2D eigenvalue weighted by Gasteiger charge is -2.07. The van der Waals surface area contributed by atoms with Crippen molar-refractivity contribution in [3.8, 4) is 5.75 Å². The van der Waals surface area contributed by atoms with Crippen LogP contribution in [0.25, 0.3) is 10.8 Å². The zero-order chi connectivity index (χ0) is 12.1. The van der Waals surface area contributed by atoms with Gasteiger partial charge in [0.15, 0.2) is 0 Å². The minimum atomic E-state index is 0.370. The van der Waals surface area contributed by atoms with E-state index in [1.54, 1.807) is 6.07 Å². The Labute approximate surface area is 111 Å². The fourth-order valence-electron chi connectivity index (χ4n) is 1.77. The summed E-state index contributed by atoms with van der Waals surface area (Å²) in [6.45, 7) is 0. The van der Waals surface area contributed by atoms with E-state index < -0.39 is 0 Å². The van der Waals surface area contributed by atoms with E-state index in [-0.39, 0.29) is 0 Å². The molecule has 0 amide bonds. The number of phenols is 1. The molecule has 90 valence electrons. The standard InChI is InChI=1S/C14H16OS2/c1-16-9-4-10-17-14-8-7-13(15)11-5-2-3-6-12(11)14/h2-3,5-8,15H,4,9-10H2,1H3. The monoisotopic (exact) mass is 264 g/mol.